The minimum Gasteiger partial charge on any atom is -0.255 e. The minimum atomic E-state index is 0.876. The highest BCUT2D eigenvalue weighted by molar-refractivity contribution is 7.15. The molecule has 0 aliphatic carbocycles. The van der Waals surface area contributed by atoms with E-state index in [1.807, 2.05) is 36.4 Å². The van der Waals surface area contributed by atoms with Crippen LogP contribution < -0.4 is 0 Å². The van der Waals surface area contributed by atoms with Gasteiger partial charge in [0, 0.05) is 18.1 Å². The van der Waals surface area contributed by atoms with Gasteiger partial charge in [-0.2, -0.15) is 0 Å². The molecule has 0 aliphatic heterocycles. The highest BCUT2D eigenvalue weighted by Crippen LogP contribution is 2.14. The minimum absolute atomic E-state index is 0.876. The quantitative estimate of drug-likeness (QED) is 0.699. The summed E-state index contributed by atoms with van der Waals surface area (Å²) in [5, 5.41) is 0. The second-order valence-electron chi connectivity index (χ2n) is 2.93. The van der Waals surface area contributed by atoms with Crippen LogP contribution in [0.3, 0.4) is 0 Å². The predicted molar refractivity (Wildman–Crippen MR) is 60.9 cm³/mol. The van der Waals surface area contributed by atoms with Crippen LogP contribution in [0.1, 0.15) is 5.69 Å². The lowest BCUT2D eigenvalue weighted by molar-refractivity contribution is 1.16. The molecule has 2 nitrogen and oxygen atoms in total. The Kier molecular flexibility index (Phi) is 2.85. The second-order valence-corrected chi connectivity index (χ2v) is 3.34. The zero-order chi connectivity index (χ0) is 9.80. The maximum Gasteiger partial charge on any atom is 0.0889 e. The molecule has 0 aliphatic rings. The van der Waals surface area contributed by atoms with Gasteiger partial charge in [-0.1, -0.05) is 12.1 Å². The van der Waals surface area contributed by atoms with Crippen molar-refractivity contribution in [1.82, 2.24) is 9.97 Å². The Labute approximate surface area is 85.6 Å². The van der Waals surface area contributed by atoms with Gasteiger partial charge in [-0.3, -0.25) is 9.97 Å². The first-order valence-corrected chi connectivity index (χ1v) is 5.29. The van der Waals surface area contributed by atoms with Gasteiger partial charge in [0.15, 0.2) is 0 Å². The van der Waals surface area contributed by atoms with Gasteiger partial charge >= 0.3 is 0 Å². The average Bonchev–Trinajstić information content (AvgIpc) is 2.30. The molecule has 0 N–H and O–H groups in total. The Balaban J connectivity index is 2.42. The van der Waals surface area contributed by atoms with Gasteiger partial charge < -0.3 is 0 Å². The van der Waals surface area contributed by atoms with Crippen LogP contribution in [-0.4, -0.2) is 9.97 Å². The van der Waals surface area contributed by atoms with E-state index in [9.17, 15) is 0 Å². The average molecular weight is 202 g/mol. The molecule has 0 spiro atoms. The fraction of sp³-hybridized carbons (Fsp3) is 0.0909. The van der Waals surface area contributed by atoms with Crippen LogP contribution in [0.5, 0.6) is 0 Å². The van der Waals surface area contributed by atoms with Crippen molar-refractivity contribution >= 4 is 9.24 Å². The summed E-state index contributed by atoms with van der Waals surface area (Å²) in [6.07, 6.45) is 2.66. The topological polar surface area (TPSA) is 25.8 Å². The lowest BCUT2D eigenvalue weighted by Crippen LogP contribution is -1.89. The first-order chi connectivity index (χ1) is 6.90. The number of rotatable bonds is 2. The van der Waals surface area contributed by atoms with Crippen LogP contribution in [0.2, 0.25) is 0 Å². The Bertz CT molecular complexity index is 415. The van der Waals surface area contributed by atoms with Crippen molar-refractivity contribution in [2.75, 3.05) is 0 Å². The van der Waals surface area contributed by atoms with Gasteiger partial charge in [0.2, 0.25) is 0 Å². The molecular weight excluding hydrogens is 191 g/mol. The highest BCUT2D eigenvalue weighted by Gasteiger charge is 1.99. The molecule has 1 atom stereocenters. The smallest absolute Gasteiger partial charge is 0.0889 e. The number of hydrogen-bond donors (Lipinski definition) is 0. The third-order valence-electron chi connectivity index (χ3n) is 1.94. The molecule has 14 heavy (non-hydrogen) atoms. The molecule has 1 unspecified atom stereocenters. The molecule has 0 bridgehead atoms. The summed E-state index contributed by atoms with van der Waals surface area (Å²) in [5.41, 5.74) is 2.93. The monoisotopic (exact) mass is 202 g/mol. The van der Waals surface area contributed by atoms with Crippen LogP contribution in [0.25, 0.3) is 11.4 Å². The van der Waals surface area contributed by atoms with Crippen molar-refractivity contribution < 1.29 is 0 Å². The number of pyridine rings is 2. The molecule has 2 rings (SSSR count). The van der Waals surface area contributed by atoms with Gasteiger partial charge in [0.1, 0.15) is 0 Å². The number of aromatic nitrogens is 2. The second kappa shape index (κ2) is 4.30. The lowest BCUT2D eigenvalue weighted by Gasteiger charge is -2.01. The molecule has 2 aromatic heterocycles. The zero-order valence-corrected chi connectivity index (χ0v) is 8.88. The summed E-state index contributed by atoms with van der Waals surface area (Å²) < 4.78 is 0. The van der Waals surface area contributed by atoms with Gasteiger partial charge in [-0.05, 0) is 24.3 Å². The van der Waals surface area contributed by atoms with E-state index >= 15 is 0 Å². The van der Waals surface area contributed by atoms with Gasteiger partial charge in [-0.15, -0.1) is 9.24 Å². The van der Waals surface area contributed by atoms with E-state index in [1.54, 1.807) is 6.20 Å². The Morgan fingerprint density at radius 2 is 1.86 bits per heavy atom. The van der Waals surface area contributed by atoms with E-state index < -0.39 is 0 Å². The van der Waals surface area contributed by atoms with Gasteiger partial charge in [0.05, 0.1) is 11.4 Å². The van der Waals surface area contributed by atoms with E-state index in [-0.39, 0.29) is 0 Å². The standard InChI is InChI=1S/C11H11N2P/c14-8-9-4-3-6-11(13-9)10-5-1-2-7-12-10/h1-7H,8,14H2. The third kappa shape index (κ3) is 1.97. The molecule has 0 saturated carbocycles. The van der Waals surface area contributed by atoms with Gasteiger partial charge in [0.25, 0.3) is 0 Å². The Morgan fingerprint density at radius 3 is 2.57 bits per heavy atom. The molecule has 70 valence electrons. The van der Waals surface area contributed by atoms with Crippen molar-refractivity contribution in [2.24, 2.45) is 0 Å². The van der Waals surface area contributed by atoms with E-state index in [4.69, 9.17) is 0 Å². The van der Waals surface area contributed by atoms with Crippen molar-refractivity contribution in [3.05, 3.63) is 48.3 Å². The van der Waals surface area contributed by atoms with Crippen LogP contribution in [-0.2, 0) is 6.16 Å². The Morgan fingerprint density at radius 1 is 1.00 bits per heavy atom. The lowest BCUT2D eigenvalue weighted by atomic mass is 10.2. The van der Waals surface area contributed by atoms with E-state index in [0.717, 1.165) is 23.2 Å². The SMILES string of the molecule is PCc1cccc(-c2ccccn2)n1. The van der Waals surface area contributed by atoms with E-state index in [0.29, 0.717) is 0 Å². The molecule has 3 heteroatoms. The molecule has 0 fully saturated rings. The van der Waals surface area contributed by atoms with Crippen molar-refractivity contribution in [3.8, 4) is 11.4 Å². The fourth-order valence-electron chi connectivity index (χ4n) is 1.25. The van der Waals surface area contributed by atoms with E-state index in [2.05, 4.69) is 19.2 Å². The largest absolute Gasteiger partial charge is 0.255 e. The summed E-state index contributed by atoms with van der Waals surface area (Å²) >= 11 is 0. The first-order valence-electron chi connectivity index (χ1n) is 4.47. The van der Waals surface area contributed by atoms with E-state index in [1.165, 1.54) is 0 Å². The number of nitrogens with zero attached hydrogens (tertiary/aromatic N) is 2. The van der Waals surface area contributed by atoms with Crippen molar-refractivity contribution in [3.63, 3.8) is 0 Å². The molecule has 0 aromatic carbocycles. The Hall–Kier alpha value is -1.27. The van der Waals surface area contributed by atoms with Crippen molar-refractivity contribution in [1.29, 1.82) is 0 Å². The molecule has 0 saturated heterocycles. The fourth-order valence-corrected chi connectivity index (χ4v) is 1.48. The molecule has 2 heterocycles. The molecular formula is C11H11N2P. The summed E-state index contributed by atoms with van der Waals surface area (Å²) in [6.45, 7) is 0. The third-order valence-corrected chi connectivity index (χ3v) is 2.36. The predicted octanol–water partition coefficient (Wildman–Crippen LogP) is 2.52. The highest BCUT2D eigenvalue weighted by atomic mass is 31.0. The van der Waals surface area contributed by atoms with Gasteiger partial charge in [-0.25, -0.2) is 0 Å². The summed E-state index contributed by atoms with van der Waals surface area (Å²) in [4.78, 5) is 8.73. The van der Waals surface area contributed by atoms with Crippen molar-refractivity contribution in [2.45, 2.75) is 6.16 Å². The normalized spacial score (nSPS) is 10.1. The molecule has 0 amide bonds. The first kappa shape index (κ1) is 9.29. The molecule has 2 aromatic rings. The maximum absolute atomic E-state index is 4.48. The summed E-state index contributed by atoms with van der Waals surface area (Å²) in [5.74, 6) is 0. The maximum atomic E-state index is 4.48. The zero-order valence-electron chi connectivity index (χ0n) is 7.72. The summed E-state index contributed by atoms with van der Waals surface area (Å²) in [6, 6.07) is 11.8. The van der Waals surface area contributed by atoms with Crippen LogP contribution >= 0.6 is 9.24 Å². The van der Waals surface area contributed by atoms with Crippen LogP contribution in [0.4, 0.5) is 0 Å². The van der Waals surface area contributed by atoms with Crippen LogP contribution in [0.15, 0.2) is 42.6 Å². The van der Waals surface area contributed by atoms with Crippen LogP contribution in [0, 0.1) is 0 Å². The summed E-state index contributed by atoms with van der Waals surface area (Å²) in [7, 11) is 2.67. The number of hydrogen-bond acceptors (Lipinski definition) is 2. The molecule has 0 radical (unpaired) electrons.